The van der Waals surface area contributed by atoms with Crippen LogP contribution in [0.1, 0.15) is 43.5 Å². The smallest absolute Gasteiger partial charge is 0.306 e. The largest absolute Gasteiger partial charge is 0.493 e. The van der Waals surface area contributed by atoms with E-state index in [9.17, 15) is 9.59 Å². The van der Waals surface area contributed by atoms with Gasteiger partial charge >= 0.3 is 5.97 Å². The molecule has 1 rings (SSSR count). The molecule has 0 bridgehead atoms. The lowest BCUT2D eigenvalue weighted by Crippen LogP contribution is -2.09. The summed E-state index contributed by atoms with van der Waals surface area (Å²) in [5.74, 6) is 0.693. The highest BCUT2D eigenvalue weighted by atomic mass is 127. The summed E-state index contributed by atoms with van der Waals surface area (Å²) >= 11 is 2.11. The van der Waals surface area contributed by atoms with Crippen molar-refractivity contribution < 1.29 is 23.8 Å². The number of ketones is 1. The van der Waals surface area contributed by atoms with Gasteiger partial charge in [0.25, 0.3) is 0 Å². The van der Waals surface area contributed by atoms with Crippen molar-refractivity contribution in [3.05, 3.63) is 21.3 Å². The first-order valence-electron chi connectivity index (χ1n) is 7.22. The molecule has 0 unspecified atom stereocenters. The van der Waals surface area contributed by atoms with E-state index in [0.29, 0.717) is 30.3 Å². The first-order valence-corrected chi connectivity index (χ1v) is 8.30. The van der Waals surface area contributed by atoms with Gasteiger partial charge in [0.2, 0.25) is 0 Å². The van der Waals surface area contributed by atoms with E-state index in [1.807, 2.05) is 6.92 Å². The molecule has 0 saturated carbocycles. The maximum atomic E-state index is 12.2. The van der Waals surface area contributed by atoms with Crippen molar-refractivity contribution >= 4 is 34.3 Å². The molecule has 0 N–H and O–H groups in total. The van der Waals surface area contributed by atoms with Crippen LogP contribution in [0.5, 0.6) is 11.5 Å². The van der Waals surface area contributed by atoms with Crippen molar-refractivity contribution in [1.82, 2.24) is 0 Å². The van der Waals surface area contributed by atoms with Crippen LogP contribution in [0, 0.1) is 3.57 Å². The summed E-state index contributed by atoms with van der Waals surface area (Å²) in [6, 6.07) is 3.40. The molecule has 0 aromatic heterocycles. The lowest BCUT2D eigenvalue weighted by Gasteiger charge is -2.13. The van der Waals surface area contributed by atoms with Crippen molar-refractivity contribution in [2.75, 3.05) is 20.3 Å². The molecule has 0 amide bonds. The number of rotatable bonds is 9. The van der Waals surface area contributed by atoms with E-state index in [1.165, 1.54) is 7.11 Å². The fourth-order valence-electron chi connectivity index (χ4n) is 1.82. The van der Waals surface area contributed by atoms with Crippen LogP contribution in [0.25, 0.3) is 0 Å². The molecule has 0 atom stereocenters. The molecule has 0 spiro atoms. The number of halogens is 1. The number of Topliss-reactive ketones (excluding diaryl/α,β-unsaturated/α-hetero) is 1. The molecule has 0 aliphatic heterocycles. The normalized spacial score (nSPS) is 10.2. The van der Waals surface area contributed by atoms with Gasteiger partial charge < -0.3 is 14.2 Å². The van der Waals surface area contributed by atoms with Crippen LogP contribution in [0.3, 0.4) is 0 Å². The van der Waals surface area contributed by atoms with E-state index in [-0.39, 0.29) is 24.6 Å². The molecule has 0 fully saturated rings. The molecular formula is C16H21IO5. The number of hydrogen-bond acceptors (Lipinski definition) is 5. The van der Waals surface area contributed by atoms with Crippen LogP contribution in [0.2, 0.25) is 0 Å². The summed E-state index contributed by atoms with van der Waals surface area (Å²) in [5.41, 5.74) is 0.509. The Hall–Kier alpha value is -1.31. The number of methoxy groups -OCH3 is 1. The van der Waals surface area contributed by atoms with Crippen LogP contribution in [0.15, 0.2) is 12.1 Å². The van der Waals surface area contributed by atoms with Gasteiger partial charge in [-0.2, -0.15) is 0 Å². The molecule has 1 aromatic rings. The number of benzene rings is 1. The third kappa shape index (κ3) is 5.47. The van der Waals surface area contributed by atoms with Gasteiger partial charge in [-0.1, -0.05) is 6.92 Å². The van der Waals surface area contributed by atoms with Crippen molar-refractivity contribution in [2.24, 2.45) is 0 Å². The second-order valence-corrected chi connectivity index (χ2v) is 5.73. The predicted molar refractivity (Wildman–Crippen MR) is 91.7 cm³/mol. The fraction of sp³-hybridized carbons (Fsp3) is 0.500. The summed E-state index contributed by atoms with van der Waals surface area (Å²) < 4.78 is 16.6. The molecule has 6 heteroatoms. The van der Waals surface area contributed by atoms with Crippen LogP contribution < -0.4 is 9.47 Å². The van der Waals surface area contributed by atoms with Gasteiger partial charge in [-0.05, 0) is 48.1 Å². The SMILES string of the molecule is CCCOc1c(I)cc(C(=O)CCC(=O)OCC)cc1OC. The minimum absolute atomic E-state index is 0.0830. The number of carbonyl (C=O) groups is 2. The second kappa shape index (κ2) is 9.66. The molecule has 5 nitrogen and oxygen atoms in total. The third-order valence-electron chi connectivity index (χ3n) is 2.86. The van der Waals surface area contributed by atoms with Crippen molar-refractivity contribution in [2.45, 2.75) is 33.1 Å². The van der Waals surface area contributed by atoms with Crippen molar-refractivity contribution in [3.63, 3.8) is 0 Å². The Balaban J connectivity index is 2.85. The maximum Gasteiger partial charge on any atom is 0.306 e. The summed E-state index contributed by atoms with van der Waals surface area (Å²) in [6.45, 7) is 4.67. The molecular weight excluding hydrogens is 399 g/mol. The Kier molecular flexibility index (Phi) is 8.22. The minimum atomic E-state index is -0.361. The Labute approximate surface area is 144 Å². The second-order valence-electron chi connectivity index (χ2n) is 4.57. The van der Waals surface area contributed by atoms with Gasteiger partial charge in [-0.15, -0.1) is 0 Å². The van der Waals surface area contributed by atoms with E-state index in [2.05, 4.69) is 22.6 Å². The van der Waals surface area contributed by atoms with Crippen molar-refractivity contribution in [3.8, 4) is 11.5 Å². The summed E-state index contributed by atoms with van der Waals surface area (Å²) in [7, 11) is 1.54. The first kappa shape index (κ1) is 18.7. The Morgan fingerprint density at radius 2 is 1.91 bits per heavy atom. The number of hydrogen-bond donors (Lipinski definition) is 0. The predicted octanol–water partition coefficient (Wildman–Crippen LogP) is 3.61. The van der Waals surface area contributed by atoms with Crippen molar-refractivity contribution in [1.29, 1.82) is 0 Å². The van der Waals surface area contributed by atoms with E-state index in [0.717, 1.165) is 9.99 Å². The topological polar surface area (TPSA) is 61.8 Å². The number of carbonyl (C=O) groups excluding carboxylic acids is 2. The Morgan fingerprint density at radius 3 is 2.50 bits per heavy atom. The zero-order chi connectivity index (χ0) is 16.5. The molecule has 0 heterocycles. The molecule has 1 aromatic carbocycles. The average molecular weight is 420 g/mol. The molecule has 0 aliphatic carbocycles. The van der Waals surface area contributed by atoms with E-state index < -0.39 is 0 Å². The highest BCUT2D eigenvalue weighted by Gasteiger charge is 2.16. The quantitative estimate of drug-likeness (QED) is 0.347. The molecule has 122 valence electrons. The van der Waals surface area contributed by atoms with Crippen LogP contribution in [-0.4, -0.2) is 32.1 Å². The van der Waals surface area contributed by atoms with Crippen LogP contribution in [-0.2, 0) is 9.53 Å². The fourth-order valence-corrected chi connectivity index (χ4v) is 2.58. The first-order chi connectivity index (χ1) is 10.5. The van der Waals surface area contributed by atoms with E-state index in [1.54, 1.807) is 19.1 Å². The minimum Gasteiger partial charge on any atom is -0.493 e. The monoisotopic (exact) mass is 420 g/mol. The van der Waals surface area contributed by atoms with Gasteiger partial charge in [-0.3, -0.25) is 9.59 Å². The standard InChI is InChI=1S/C16H21IO5/c1-4-8-22-16-12(17)9-11(10-14(16)20-3)13(18)6-7-15(19)21-5-2/h9-10H,4-8H2,1-3H3. The van der Waals surface area contributed by atoms with Crippen LogP contribution >= 0.6 is 22.6 Å². The highest BCUT2D eigenvalue weighted by molar-refractivity contribution is 14.1. The Bertz CT molecular complexity index is 528. The lowest BCUT2D eigenvalue weighted by molar-refractivity contribution is -0.143. The Morgan fingerprint density at radius 1 is 1.18 bits per heavy atom. The van der Waals surface area contributed by atoms with Crippen LogP contribution in [0.4, 0.5) is 0 Å². The summed E-state index contributed by atoms with van der Waals surface area (Å²) in [5, 5.41) is 0. The average Bonchev–Trinajstić information content (AvgIpc) is 2.51. The molecule has 0 aliphatic rings. The zero-order valence-corrected chi connectivity index (χ0v) is 15.3. The lowest BCUT2D eigenvalue weighted by atomic mass is 10.1. The molecule has 0 radical (unpaired) electrons. The number of esters is 1. The van der Waals surface area contributed by atoms with Gasteiger partial charge in [0.1, 0.15) is 0 Å². The molecule has 0 saturated heterocycles. The van der Waals surface area contributed by atoms with E-state index >= 15 is 0 Å². The van der Waals surface area contributed by atoms with Gasteiger partial charge in [0.05, 0.1) is 30.3 Å². The number of ether oxygens (including phenoxy) is 3. The maximum absolute atomic E-state index is 12.2. The summed E-state index contributed by atoms with van der Waals surface area (Å²) in [4.78, 5) is 23.5. The van der Waals surface area contributed by atoms with Gasteiger partial charge in [0, 0.05) is 12.0 Å². The summed E-state index contributed by atoms with van der Waals surface area (Å²) in [6.07, 6.45) is 1.09. The highest BCUT2D eigenvalue weighted by Crippen LogP contribution is 2.34. The third-order valence-corrected chi connectivity index (χ3v) is 3.66. The zero-order valence-electron chi connectivity index (χ0n) is 13.1. The van der Waals surface area contributed by atoms with Gasteiger partial charge in [0.15, 0.2) is 17.3 Å². The van der Waals surface area contributed by atoms with E-state index in [4.69, 9.17) is 14.2 Å². The van der Waals surface area contributed by atoms with Gasteiger partial charge in [-0.25, -0.2) is 0 Å². The molecule has 22 heavy (non-hydrogen) atoms.